The van der Waals surface area contributed by atoms with Gasteiger partial charge in [-0.05, 0) is 64.6 Å². The lowest BCUT2D eigenvalue weighted by molar-refractivity contribution is 0.515. The van der Waals surface area contributed by atoms with Gasteiger partial charge in [-0.3, -0.25) is 0 Å². The number of thiophene rings is 1. The predicted molar refractivity (Wildman–Crippen MR) is 97.6 cm³/mol. The Labute approximate surface area is 144 Å². The van der Waals surface area contributed by atoms with Gasteiger partial charge in [0.1, 0.15) is 0 Å². The van der Waals surface area contributed by atoms with Crippen LogP contribution >= 0.6 is 38.9 Å². The largest absolute Gasteiger partial charge is 0.316 e. The summed E-state index contributed by atoms with van der Waals surface area (Å²) in [6.07, 6.45) is 1.06. The molecule has 21 heavy (non-hydrogen) atoms. The van der Waals surface area contributed by atoms with Gasteiger partial charge in [0.2, 0.25) is 0 Å². The molecule has 1 N–H and O–H groups in total. The van der Waals surface area contributed by atoms with E-state index in [0.29, 0.717) is 11.8 Å². The molecule has 1 aromatic carbocycles. The van der Waals surface area contributed by atoms with Crippen LogP contribution in [0.1, 0.15) is 30.2 Å². The molecule has 1 unspecified atom stereocenters. The molecule has 0 amide bonds. The van der Waals surface area contributed by atoms with Crippen molar-refractivity contribution >= 4 is 38.9 Å². The smallest absolute Gasteiger partial charge is 0.0701 e. The minimum atomic E-state index is 0.478. The Kier molecular flexibility index (Phi) is 6.74. The highest BCUT2D eigenvalue weighted by Crippen LogP contribution is 2.28. The van der Waals surface area contributed by atoms with Gasteiger partial charge in [0.05, 0.1) is 3.79 Å². The number of rotatable bonds is 7. The number of nitrogens with one attached hydrogen (secondary N) is 1. The lowest BCUT2D eigenvalue weighted by atomic mass is 9.94. The van der Waals surface area contributed by atoms with Crippen LogP contribution in [0.4, 0.5) is 0 Å². The van der Waals surface area contributed by atoms with E-state index in [9.17, 15) is 0 Å². The molecular formula is C17H21BrClNS. The van der Waals surface area contributed by atoms with Gasteiger partial charge in [-0.25, -0.2) is 0 Å². The average Bonchev–Trinajstić information content (AvgIpc) is 2.84. The van der Waals surface area contributed by atoms with Gasteiger partial charge in [0, 0.05) is 22.4 Å². The molecular weight excluding hydrogens is 366 g/mol. The Hall–Kier alpha value is -0.350. The number of hydrogen-bond donors (Lipinski definition) is 1. The summed E-state index contributed by atoms with van der Waals surface area (Å²) in [6, 6.07) is 12.6. The zero-order chi connectivity index (χ0) is 15.2. The van der Waals surface area contributed by atoms with Crippen molar-refractivity contribution in [2.24, 2.45) is 5.92 Å². The van der Waals surface area contributed by atoms with Crippen LogP contribution in [0.25, 0.3) is 0 Å². The van der Waals surface area contributed by atoms with Crippen molar-refractivity contribution in [1.29, 1.82) is 0 Å². The summed E-state index contributed by atoms with van der Waals surface area (Å²) in [4.78, 5) is 1.41. The van der Waals surface area contributed by atoms with Crippen molar-refractivity contribution < 1.29 is 0 Å². The molecule has 0 saturated carbocycles. The Morgan fingerprint density at radius 1 is 1.10 bits per heavy atom. The quantitative estimate of drug-likeness (QED) is 0.640. The topological polar surface area (TPSA) is 12.0 Å². The number of halogens is 2. The summed E-state index contributed by atoms with van der Waals surface area (Å²) in [6.45, 7) is 6.52. The maximum Gasteiger partial charge on any atom is 0.0701 e. The molecule has 1 aromatic heterocycles. The highest BCUT2D eigenvalue weighted by molar-refractivity contribution is 9.11. The van der Waals surface area contributed by atoms with E-state index in [2.05, 4.69) is 59.4 Å². The molecule has 0 aliphatic heterocycles. The van der Waals surface area contributed by atoms with Crippen LogP contribution in [-0.2, 0) is 6.42 Å². The van der Waals surface area contributed by atoms with Gasteiger partial charge in [-0.2, -0.15) is 0 Å². The van der Waals surface area contributed by atoms with E-state index in [-0.39, 0.29) is 0 Å². The minimum Gasteiger partial charge on any atom is -0.316 e. The second-order valence-corrected chi connectivity index (χ2v) is 8.69. The van der Waals surface area contributed by atoms with Gasteiger partial charge in [-0.1, -0.05) is 37.6 Å². The van der Waals surface area contributed by atoms with Crippen LogP contribution in [0, 0.1) is 5.92 Å². The molecule has 0 aliphatic rings. The standard InChI is InChI=1S/C17H21BrClNS/c1-12(2)10-20-11-14(9-16-7-8-17(18)21-16)13-3-5-15(19)6-4-13/h3-8,12,14,20H,9-11H2,1-2H3. The Bertz CT molecular complexity index is 550. The molecule has 1 heterocycles. The summed E-state index contributed by atoms with van der Waals surface area (Å²) < 4.78 is 1.20. The first-order valence-electron chi connectivity index (χ1n) is 7.25. The van der Waals surface area contributed by atoms with Crippen LogP contribution in [0.3, 0.4) is 0 Å². The van der Waals surface area contributed by atoms with E-state index in [1.54, 1.807) is 0 Å². The Morgan fingerprint density at radius 3 is 2.38 bits per heavy atom. The van der Waals surface area contributed by atoms with E-state index in [1.165, 1.54) is 14.2 Å². The third-order valence-electron chi connectivity index (χ3n) is 3.36. The minimum absolute atomic E-state index is 0.478. The van der Waals surface area contributed by atoms with E-state index >= 15 is 0 Å². The summed E-state index contributed by atoms with van der Waals surface area (Å²) in [5.41, 5.74) is 1.35. The van der Waals surface area contributed by atoms with Crippen LogP contribution in [-0.4, -0.2) is 13.1 Å². The van der Waals surface area contributed by atoms with Crippen molar-refractivity contribution in [3.63, 3.8) is 0 Å². The summed E-state index contributed by atoms with van der Waals surface area (Å²) in [7, 11) is 0. The van der Waals surface area contributed by atoms with Gasteiger partial charge in [-0.15, -0.1) is 11.3 Å². The Balaban J connectivity index is 2.07. The summed E-state index contributed by atoms with van der Waals surface area (Å²) in [5.74, 6) is 1.15. The van der Waals surface area contributed by atoms with E-state index in [1.807, 2.05) is 23.5 Å². The summed E-state index contributed by atoms with van der Waals surface area (Å²) >= 11 is 11.4. The maximum atomic E-state index is 6.01. The third kappa shape index (κ3) is 5.74. The van der Waals surface area contributed by atoms with Crippen LogP contribution < -0.4 is 5.32 Å². The number of benzene rings is 1. The second kappa shape index (κ2) is 8.33. The van der Waals surface area contributed by atoms with Crippen molar-refractivity contribution in [3.8, 4) is 0 Å². The van der Waals surface area contributed by atoms with Crippen LogP contribution in [0.2, 0.25) is 5.02 Å². The van der Waals surface area contributed by atoms with Crippen molar-refractivity contribution in [1.82, 2.24) is 5.32 Å². The van der Waals surface area contributed by atoms with Gasteiger partial charge in [0.15, 0.2) is 0 Å². The fourth-order valence-corrected chi connectivity index (χ4v) is 3.98. The van der Waals surface area contributed by atoms with Crippen LogP contribution in [0.15, 0.2) is 40.2 Å². The molecule has 0 radical (unpaired) electrons. The van der Waals surface area contributed by atoms with E-state index in [4.69, 9.17) is 11.6 Å². The van der Waals surface area contributed by atoms with E-state index in [0.717, 1.165) is 24.5 Å². The Morgan fingerprint density at radius 2 is 1.81 bits per heavy atom. The first-order chi connectivity index (χ1) is 10.0. The fourth-order valence-electron chi connectivity index (χ4n) is 2.29. The first kappa shape index (κ1) is 17.0. The molecule has 0 spiro atoms. The lowest BCUT2D eigenvalue weighted by Gasteiger charge is -2.18. The third-order valence-corrected chi connectivity index (χ3v) is 5.26. The molecule has 2 rings (SSSR count). The van der Waals surface area contributed by atoms with Crippen molar-refractivity contribution in [2.45, 2.75) is 26.2 Å². The van der Waals surface area contributed by atoms with E-state index < -0.39 is 0 Å². The molecule has 0 bridgehead atoms. The zero-order valence-corrected chi connectivity index (χ0v) is 15.6. The molecule has 4 heteroatoms. The highest BCUT2D eigenvalue weighted by atomic mass is 79.9. The van der Waals surface area contributed by atoms with Gasteiger partial charge in [0.25, 0.3) is 0 Å². The van der Waals surface area contributed by atoms with Crippen LogP contribution in [0.5, 0.6) is 0 Å². The molecule has 1 nitrogen and oxygen atoms in total. The predicted octanol–water partition coefficient (Wildman–Crippen LogP) is 5.74. The molecule has 0 saturated heterocycles. The molecule has 1 atom stereocenters. The van der Waals surface area contributed by atoms with Crippen molar-refractivity contribution in [2.75, 3.05) is 13.1 Å². The monoisotopic (exact) mass is 385 g/mol. The fraction of sp³-hybridized carbons (Fsp3) is 0.412. The SMILES string of the molecule is CC(C)CNCC(Cc1ccc(Br)s1)c1ccc(Cl)cc1. The molecule has 0 fully saturated rings. The first-order valence-corrected chi connectivity index (χ1v) is 9.23. The van der Waals surface area contributed by atoms with Crippen molar-refractivity contribution in [3.05, 3.63) is 55.6 Å². The number of hydrogen-bond acceptors (Lipinski definition) is 2. The average molecular weight is 387 g/mol. The molecule has 0 aliphatic carbocycles. The lowest BCUT2D eigenvalue weighted by Crippen LogP contribution is -2.26. The molecule has 2 aromatic rings. The summed E-state index contributed by atoms with van der Waals surface area (Å²) in [5, 5.41) is 4.38. The second-order valence-electron chi connectivity index (χ2n) is 5.71. The normalized spacial score (nSPS) is 12.8. The van der Waals surface area contributed by atoms with Gasteiger partial charge < -0.3 is 5.32 Å². The molecule has 114 valence electrons. The van der Waals surface area contributed by atoms with Gasteiger partial charge >= 0.3 is 0 Å². The zero-order valence-electron chi connectivity index (χ0n) is 12.4. The highest BCUT2D eigenvalue weighted by Gasteiger charge is 2.14. The maximum absolute atomic E-state index is 6.01.